The monoisotopic (exact) mass is 350 g/mol. The van der Waals surface area contributed by atoms with Crippen LogP contribution in [0, 0.1) is 11.3 Å². The van der Waals surface area contributed by atoms with Crippen LogP contribution in [0.1, 0.15) is 31.7 Å². The molecule has 7 heteroatoms. The third-order valence-electron chi connectivity index (χ3n) is 4.08. The van der Waals surface area contributed by atoms with Gasteiger partial charge in [-0.3, -0.25) is 4.79 Å². The topological polar surface area (TPSA) is 87.5 Å². The highest BCUT2D eigenvalue weighted by molar-refractivity contribution is 7.91. The number of nitriles is 1. The molecule has 1 aliphatic heterocycles. The molecule has 24 heavy (non-hydrogen) atoms. The first-order valence-electron chi connectivity index (χ1n) is 8.08. The first-order chi connectivity index (χ1) is 11.5. The fourth-order valence-corrected chi connectivity index (χ4v) is 4.50. The van der Waals surface area contributed by atoms with Crippen molar-refractivity contribution in [2.24, 2.45) is 0 Å². The van der Waals surface area contributed by atoms with Crippen molar-refractivity contribution in [3.8, 4) is 11.8 Å². The van der Waals surface area contributed by atoms with Crippen LogP contribution in [0.15, 0.2) is 24.3 Å². The Balaban J connectivity index is 2.04. The van der Waals surface area contributed by atoms with E-state index >= 15 is 0 Å². The summed E-state index contributed by atoms with van der Waals surface area (Å²) in [6.07, 6.45) is 2.21. The van der Waals surface area contributed by atoms with Crippen molar-refractivity contribution in [2.45, 2.75) is 32.2 Å². The molecule has 1 atom stereocenters. The molecule has 0 saturated carbocycles. The van der Waals surface area contributed by atoms with Crippen molar-refractivity contribution in [3.63, 3.8) is 0 Å². The number of nitrogens with zero attached hydrogens (tertiary/aromatic N) is 2. The van der Waals surface area contributed by atoms with E-state index in [1.165, 1.54) is 0 Å². The predicted octanol–water partition coefficient (Wildman–Crippen LogP) is 1.75. The zero-order valence-corrected chi connectivity index (χ0v) is 14.6. The molecule has 1 aromatic rings. The standard InChI is InChI=1S/C17H22N2O4S/c1-2-3-9-19(15-8-10-24(21,22)13-15)17(20)12-23-16-7-5-4-6-14(16)11-18/h4-7,15H,2-3,8-10,12-13H2,1H3. The zero-order valence-electron chi connectivity index (χ0n) is 13.8. The van der Waals surface area contributed by atoms with Crippen LogP contribution in [0.3, 0.4) is 0 Å². The maximum atomic E-state index is 12.5. The highest BCUT2D eigenvalue weighted by Crippen LogP contribution is 2.20. The van der Waals surface area contributed by atoms with Crippen molar-refractivity contribution in [3.05, 3.63) is 29.8 Å². The summed E-state index contributed by atoms with van der Waals surface area (Å²) in [4.78, 5) is 14.2. The first kappa shape index (κ1) is 18.3. The Bertz CT molecular complexity index is 724. The molecule has 0 aromatic heterocycles. The summed E-state index contributed by atoms with van der Waals surface area (Å²) in [6, 6.07) is 8.47. The highest BCUT2D eigenvalue weighted by atomic mass is 32.2. The zero-order chi connectivity index (χ0) is 17.6. The van der Waals surface area contributed by atoms with Crippen LogP contribution in [0.5, 0.6) is 5.75 Å². The van der Waals surface area contributed by atoms with Gasteiger partial charge in [0.2, 0.25) is 0 Å². The Hall–Kier alpha value is -2.07. The minimum Gasteiger partial charge on any atom is -0.482 e. The number of carbonyl (C=O) groups is 1. The normalized spacial score (nSPS) is 18.8. The van der Waals surface area contributed by atoms with Gasteiger partial charge in [-0.15, -0.1) is 0 Å². The SMILES string of the molecule is CCCCN(C(=O)COc1ccccc1C#N)C1CCS(=O)(=O)C1. The Morgan fingerprint density at radius 3 is 2.79 bits per heavy atom. The van der Waals surface area contributed by atoms with E-state index in [-0.39, 0.29) is 30.1 Å². The number of ether oxygens (including phenoxy) is 1. The molecule has 0 spiro atoms. The van der Waals surface area contributed by atoms with Crippen LogP contribution in [0.25, 0.3) is 0 Å². The molecule has 1 unspecified atom stereocenters. The number of carbonyl (C=O) groups excluding carboxylic acids is 1. The summed E-state index contributed by atoms with van der Waals surface area (Å²) in [5.74, 6) is 0.282. The van der Waals surface area contributed by atoms with Gasteiger partial charge in [0.25, 0.3) is 5.91 Å². The quantitative estimate of drug-likeness (QED) is 0.748. The van der Waals surface area contributed by atoms with E-state index in [0.717, 1.165) is 12.8 Å². The van der Waals surface area contributed by atoms with Crippen LogP contribution in [-0.2, 0) is 14.6 Å². The van der Waals surface area contributed by atoms with E-state index < -0.39 is 9.84 Å². The van der Waals surface area contributed by atoms with E-state index in [4.69, 9.17) is 10.00 Å². The Labute approximate surface area is 142 Å². The third-order valence-corrected chi connectivity index (χ3v) is 5.83. The summed E-state index contributed by atoms with van der Waals surface area (Å²) in [5, 5.41) is 9.05. The highest BCUT2D eigenvalue weighted by Gasteiger charge is 2.34. The number of hydrogen-bond acceptors (Lipinski definition) is 5. The average Bonchev–Trinajstić information content (AvgIpc) is 2.93. The number of benzene rings is 1. The van der Waals surface area contributed by atoms with Crippen molar-refractivity contribution in [1.82, 2.24) is 4.90 Å². The lowest BCUT2D eigenvalue weighted by molar-refractivity contribution is -0.135. The molecule has 1 heterocycles. The van der Waals surface area contributed by atoms with Crippen LogP contribution in [-0.4, -0.2) is 49.9 Å². The Morgan fingerprint density at radius 2 is 2.17 bits per heavy atom. The second-order valence-corrected chi connectivity index (χ2v) is 8.12. The number of rotatable bonds is 7. The molecule has 2 rings (SSSR count). The van der Waals surface area contributed by atoms with Gasteiger partial charge in [0.05, 0.1) is 17.1 Å². The first-order valence-corrected chi connectivity index (χ1v) is 9.91. The molecule has 6 nitrogen and oxygen atoms in total. The van der Waals surface area contributed by atoms with Gasteiger partial charge in [0, 0.05) is 12.6 Å². The van der Waals surface area contributed by atoms with Gasteiger partial charge in [-0.05, 0) is 25.0 Å². The molecule has 0 radical (unpaired) electrons. The number of hydrogen-bond donors (Lipinski definition) is 0. The van der Waals surface area contributed by atoms with Crippen LogP contribution < -0.4 is 4.74 Å². The molecule has 130 valence electrons. The van der Waals surface area contributed by atoms with Crippen molar-refractivity contribution in [2.75, 3.05) is 24.7 Å². The third kappa shape index (κ3) is 4.71. The predicted molar refractivity (Wildman–Crippen MR) is 90.3 cm³/mol. The number of amides is 1. The van der Waals surface area contributed by atoms with Crippen molar-refractivity contribution in [1.29, 1.82) is 5.26 Å². The molecule has 1 fully saturated rings. The maximum Gasteiger partial charge on any atom is 0.260 e. The minimum atomic E-state index is -3.05. The van der Waals surface area contributed by atoms with Crippen LogP contribution in [0.2, 0.25) is 0 Å². The van der Waals surface area contributed by atoms with Gasteiger partial charge in [0.1, 0.15) is 11.8 Å². The molecule has 0 N–H and O–H groups in total. The summed E-state index contributed by atoms with van der Waals surface area (Å²) in [7, 11) is -3.05. The van der Waals surface area contributed by atoms with Gasteiger partial charge in [-0.2, -0.15) is 5.26 Å². The number of unbranched alkanes of at least 4 members (excludes halogenated alkanes) is 1. The molecular weight excluding hydrogens is 328 g/mol. The summed E-state index contributed by atoms with van der Waals surface area (Å²) in [6.45, 7) is 2.35. The summed E-state index contributed by atoms with van der Waals surface area (Å²) >= 11 is 0. The maximum absolute atomic E-state index is 12.5. The fraction of sp³-hybridized carbons (Fsp3) is 0.529. The smallest absolute Gasteiger partial charge is 0.260 e. The molecule has 1 amide bonds. The summed E-state index contributed by atoms with van der Waals surface area (Å²) in [5.41, 5.74) is 0.369. The van der Waals surface area contributed by atoms with E-state index in [9.17, 15) is 13.2 Å². The van der Waals surface area contributed by atoms with Crippen molar-refractivity contribution < 1.29 is 17.9 Å². The molecule has 1 saturated heterocycles. The van der Waals surface area contributed by atoms with E-state index in [2.05, 4.69) is 0 Å². The average molecular weight is 350 g/mol. The molecular formula is C17H22N2O4S. The van der Waals surface area contributed by atoms with E-state index in [0.29, 0.717) is 24.3 Å². The minimum absolute atomic E-state index is 0.0250. The molecule has 1 aliphatic rings. The number of para-hydroxylation sites is 1. The Morgan fingerprint density at radius 1 is 1.42 bits per heavy atom. The van der Waals surface area contributed by atoms with E-state index in [1.54, 1.807) is 29.2 Å². The van der Waals surface area contributed by atoms with Gasteiger partial charge >= 0.3 is 0 Å². The molecule has 0 bridgehead atoms. The van der Waals surface area contributed by atoms with Gasteiger partial charge in [-0.1, -0.05) is 25.5 Å². The lowest BCUT2D eigenvalue weighted by Crippen LogP contribution is -2.44. The van der Waals surface area contributed by atoms with Gasteiger partial charge in [-0.25, -0.2) is 8.42 Å². The van der Waals surface area contributed by atoms with Crippen LogP contribution in [0.4, 0.5) is 0 Å². The number of sulfone groups is 1. The molecule has 0 aliphatic carbocycles. The van der Waals surface area contributed by atoms with Gasteiger partial charge in [0.15, 0.2) is 16.4 Å². The summed E-state index contributed by atoms with van der Waals surface area (Å²) < 4.78 is 28.9. The second-order valence-electron chi connectivity index (χ2n) is 5.89. The molecule has 1 aromatic carbocycles. The lowest BCUT2D eigenvalue weighted by Gasteiger charge is -2.28. The van der Waals surface area contributed by atoms with Crippen molar-refractivity contribution >= 4 is 15.7 Å². The van der Waals surface area contributed by atoms with E-state index in [1.807, 2.05) is 13.0 Å². The lowest BCUT2D eigenvalue weighted by atomic mass is 10.2. The van der Waals surface area contributed by atoms with Crippen LogP contribution >= 0.6 is 0 Å². The second kappa shape index (κ2) is 8.15. The largest absolute Gasteiger partial charge is 0.482 e. The van der Waals surface area contributed by atoms with Gasteiger partial charge < -0.3 is 9.64 Å². The Kier molecular flexibility index (Phi) is 6.21. The fourth-order valence-electron chi connectivity index (χ4n) is 2.77.